The minimum absolute atomic E-state index is 0.519. The van der Waals surface area contributed by atoms with Gasteiger partial charge in [0.1, 0.15) is 0 Å². The molecule has 0 aliphatic carbocycles. The van der Waals surface area contributed by atoms with Gasteiger partial charge in [-0.3, -0.25) is 0 Å². The quantitative estimate of drug-likeness (QED) is 0.780. The summed E-state index contributed by atoms with van der Waals surface area (Å²) in [5.41, 5.74) is 2.24. The number of rotatable bonds is 4. The van der Waals surface area contributed by atoms with Crippen molar-refractivity contribution < 1.29 is 0 Å². The largest absolute Gasteiger partial charge is 0.214 e. The lowest BCUT2D eigenvalue weighted by atomic mass is 10.2. The molecule has 0 amide bonds. The Morgan fingerprint density at radius 3 is 2.65 bits per heavy atom. The van der Waals surface area contributed by atoms with E-state index in [0.717, 1.165) is 17.3 Å². The standard InChI is InChI=1S/C12H16N4S/c1-4-10(3)17-12-13-14-15-16(12)11-7-5-9(2)6-8-11/h5-8,10H,4H2,1-3H3. The lowest BCUT2D eigenvalue weighted by Crippen LogP contribution is -2.02. The van der Waals surface area contributed by atoms with Crippen LogP contribution >= 0.6 is 11.8 Å². The van der Waals surface area contributed by atoms with Crippen LogP contribution in [0.1, 0.15) is 25.8 Å². The van der Waals surface area contributed by atoms with Crippen LogP contribution in [0.15, 0.2) is 29.4 Å². The SMILES string of the molecule is CCC(C)Sc1nnnn1-c1ccc(C)cc1. The second-order valence-electron chi connectivity index (χ2n) is 4.05. The Labute approximate surface area is 105 Å². The summed E-state index contributed by atoms with van der Waals surface area (Å²) in [4.78, 5) is 0. The Bertz CT molecular complexity index is 478. The van der Waals surface area contributed by atoms with Crippen LogP contribution in [0.2, 0.25) is 0 Å². The van der Waals surface area contributed by atoms with Gasteiger partial charge in [-0.2, -0.15) is 4.68 Å². The van der Waals surface area contributed by atoms with Crippen LogP contribution in [0, 0.1) is 6.92 Å². The van der Waals surface area contributed by atoms with Crippen molar-refractivity contribution in [3.63, 3.8) is 0 Å². The highest BCUT2D eigenvalue weighted by Crippen LogP contribution is 2.24. The topological polar surface area (TPSA) is 43.6 Å². The van der Waals surface area contributed by atoms with Crippen LogP contribution in [0.25, 0.3) is 5.69 Å². The van der Waals surface area contributed by atoms with Crippen molar-refractivity contribution in [3.05, 3.63) is 29.8 Å². The van der Waals surface area contributed by atoms with Crippen molar-refractivity contribution in [1.82, 2.24) is 20.2 Å². The Balaban J connectivity index is 2.27. The number of nitrogens with zero attached hydrogens (tertiary/aromatic N) is 4. The van der Waals surface area contributed by atoms with Crippen LogP contribution in [-0.4, -0.2) is 25.5 Å². The molecule has 5 heteroatoms. The van der Waals surface area contributed by atoms with E-state index in [1.54, 1.807) is 16.4 Å². The van der Waals surface area contributed by atoms with Crippen LogP contribution in [-0.2, 0) is 0 Å². The fourth-order valence-electron chi connectivity index (χ4n) is 1.36. The number of aromatic nitrogens is 4. The van der Waals surface area contributed by atoms with Crippen LogP contribution in [0.4, 0.5) is 0 Å². The molecule has 17 heavy (non-hydrogen) atoms. The van der Waals surface area contributed by atoms with E-state index in [1.165, 1.54) is 5.56 Å². The number of hydrogen-bond donors (Lipinski definition) is 0. The molecule has 0 aliphatic heterocycles. The van der Waals surface area contributed by atoms with Crippen molar-refractivity contribution in [2.45, 2.75) is 37.6 Å². The predicted octanol–water partition coefficient (Wildman–Crippen LogP) is 2.86. The molecule has 0 fully saturated rings. The maximum atomic E-state index is 4.07. The van der Waals surface area contributed by atoms with Gasteiger partial charge in [0, 0.05) is 5.25 Å². The zero-order valence-corrected chi connectivity index (χ0v) is 11.1. The average Bonchev–Trinajstić information content (AvgIpc) is 2.78. The Kier molecular flexibility index (Phi) is 3.78. The van der Waals surface area contributed by atoms with Crippen LogP contribution < -0.4 is 0 Å². The molecule has 0 spiro atoms. The third-order valence-electron chi connectivity index (χ3n) is 2.60. The summed E-state index contributed by atoms with van der Waals surface area (Å²) in [6.45, 7) is 6.41. The molecule has 90 valence electrons. The zero-order chi connectivity index (χ0) is 12.3. The maximum Gasteiger partial charge on any atom is 0.214 e. The van der Waals surface area contributed by atoms with Gasteiger partial charge in [-0.15, -0.1) is 5.10 Å². The molecule has 2 aromatic rings. The normalized spacial score (nSPS) is 12.6. The Hall–Kier alpha value is -1.36. The van der Waals surface area contributed by atoms with Crippen molar-refractivity contribution in [2.24, 2.45) is 0 Å². The highest BCUT2D eigenvalue weighted by molar-refractivity contribution is 7.99. The van der Waals surface area contributed by atoms with Gasteiger partial charge in [-0.25, -0.2) is 0 Å². The molecular weight excluding hydrogens is 232 g/mol. The molecular formula is C12H16N4S. The maximum absolute atomic E-state index is 4.07. The Morgan fingerprint density at radius 1 is 1.29 bits per heavy atom. The fraction of sp³-hybridized carbons (Fsp3) is 0.417. The molecule has 1 unspecified atom stereocenters. The van der Waals surface area contributed by atoms with Gasteiger partial charge in [-0.1, -0.05) is 43.3 Å². The molecule has 0 bridgehead atoms. The summed E-state index contributed by atoms with van der Waals surface area (Å²) in [5.74, 6) is 0. The molecule has 1 aromatic heterocycles. The zero-order valence-electron chi connectivity index (χ0n) is 10.3. The Morgan fingerprint density at radius 2 is 2.00 bits per heavy atom. The van der Waals surface area contributed by atoms with Gasteiger partial charge >= 0.3 is 0 Å². The van der Waals surface area contributed by atoms with Crippen molar-refractivity contribution >= 4 is 11.8 Å². The van der Waals surface area contributed by atoms with Gasteiger partial charge in [0.05, 0.1) is 5.69 Å². The summed E-state index contributed by atoms with van der Waals surface area (Å²) < 4.78 is 1.79. The van der Waals surface area contributed by atoms with Crippen molar-refractivity contribution in [2.75, 3.05) is 0 Å². The van der Waals surface area contributed by atoms with Gasteiger partial charge in [-0.05, 0) is 35.9 Å². The summed E-state index contributed by atoms with van der Waals surface area (Å²) in [6.07, 6.45) is 1.10. The monoisotopic (exact) mass is 248 g/mol. The summed E-state index contributed by atoms with van der Waals surface area (Å²) in [6, 6.07) is 8.20. The first kappa shape index (κ1) is 12.1. The van der Waals surface area contributed by atoms with E-state index in [-0.39, 0.29) is 0 Å². The van der Waals surface area contributed by atoms with Gasteiger partial charge in [0.25, 0.3) is 0 Å². The van der Waals surface area contributed by atoms with Crippen molar-refractivity contribution in [1.29, 1.82) is 0 Å². The first-order valence-electron chi connectivity index (χ1n) is 5.72. The van der Waals surface area contributed by atoms with Gasteiger partial charge < -0.3 is 0 Å². The lowest BCUT2D eigenvalue weighted by Gasteiger charge is -2.08. The first-order valence-corrected chi connectivity index (χ1v) is 6.60. The third kappa shape index (κ3) is 2.85. The van der Waals surface area contributed by atoms with Crippen LogP contribution in [0.5, 0.6) is 0 Å². The molecule has 4 nitrogen and oxygen atoms in total. The van der Waals surface area contributed by atoms with E-state index in [9.17, 15) is 0 Å². The molecule has 1 atom stereocenters. The predicted molar refractivity (Wildman–Crippen MR) is 69.5 cm³/mol. The van der Waals surface area contributed by atoms with E-state index in [4.69, 9.17) is 0 Å². The molecule has 1 aromatic carbocycles. The molecule has 1 heterocycles. The van der Waals surface area contributed by atoms with Crippen LogP contribution in [0.3, 0.4) is 0 Å². The number of thioether (sulfide) groups is 1. The van der Waals surface area contributed by atoms with E-state index in [0.29, 0.717) is 5.25 Å². The van der Waals surface area contributed by atoms with E-state index in [1.807, 2.05) is 12.1 Å². The lowest BCUT2D eigenvalue weighted by molar-refractivity contribution is 0.753. The first-order chi connectivity index (χ1) is 8.20. The van der Waals surface area contributed by atoms with Gasteiger partial charge in [0.15, 0.2) is 0 Å². The summed E-state index contributed by atoms with van der Waals surface area (Å²) in [5, 5.41) is 13.2. The third-order valence-corrected chi connectivity index (χ3v) is 3.80. The summed E-state index contributed by atoms with van der Waals surface area (Å²) in [7, 11) is 0. The van der Waals surface area contributed by atoms with Crippen molar-refractivity contribution in [3.8, 4) is 5.69 Å². The van der Waals surface area contributed by atoms with E-state index < -0.39 is 0 Å². The second-order valence-corrected chi connectivity index (χ2v) is 5.45. The highest BCUT2D eigenvalue weighted by Gasteiger charge is 2.11. The smallest absolute Gasteiger partial charge is 0.188 e. The number of hydrogen-bond acceptors (Lipinski definition) is 4. The van der Waals surface area contributed by atoms with E-state index >= 15 is 0 Å². The molecule has 0 saturated carbocycles. The molecule has 0 saturated heterocycles. The minimum Gasteiger partial charge on any atom is -0.188 e. The fourth-order valence-corrected chi connectivity index (χ4v) is 2.22. The highest BCUT2D eigenvalue weighted by atomic mass is 32.2. The molecule has 0 aliphatic rings. The number of tetrazole rings is 1. The number of benzene rings is 1. The summed E-state index contributed by atoms with van der Waals surface area (Å²) >= 11 is 1.70. The number of aryl methyl sites for hydroxylation is 1. The van der Waals surface area contributed by atoms with Gasteiger partial charge in [0.2, 0.25) is 5.16 Å². The molecule has 2 rings (SSSR count). The van der Waals surface area contributed by atoms with E-state index in [2.05, 4.69) is 48.4 Å². The average molecular weight is 248 g/mol. The minimum atomic E-state index is 0.519. The molecule has 0 radical (unpaired) electrons. The molecule has 0 N–H and O–H groups in total. The second kappa shape index (κ2) is 5.31.